The molecule has 1 aromatic carbocycles. The summed E-state index contributed by atoms with van der Waals surface area (Å²) in [6.07, 6.45) is 2.71. The SMILES string of the molecule is NC1CCN(C(=O)[C@@H]2C[C@@H]2c2ccc(Cl)cc2Cl)CC1. The molecule has 108 valence electrons. The van der Waals surface area contributed by atoms with Gasteiger partial charge in [0.05, 0.1) is 0 Å². The van der Waals surface area contributed by atoms with Gasteiger partial charge in [-0.1, -0.05) is 29.3 Å². The van der Waals surface area contributed by atoms with Gasteiger partial charge in [0.15, 0.2) is 0 Å². The number of amides is 1. The van der Waals surface area contributed by atoms with Gasteiger partial charge in [0, 0.05) is 35.1 Å². The second-order valence-corrected chi connectivity index (χ2v) is 6.62. The van der Waals surface area contributed by atoms with Crippen LogP contribution in [-0.2, 0) is 4.79 Å². The summed E-state index contributed by atoms with van der Waals surface area (Å²) in [5.74, 6) is 0.596. The minimum absolute atomic E-state index is 0.0861. The average molecular weight is 313 g/mol. The largest absolute Gasteiger partial charge is 0.342 e. The molecule has 0 spiro atoms. The lowest BCUT2D eigenvalue weighted by molar-refractivity contribution is -0.133. The maximum atomic E-state index is 12.4. The van der Waals surface area contributed by atoms with Crippen molar-refractivity contribution in [2.75, 3.05) is 13.1 Å². The summed E-state index contributed by atoms with van der Waals surface area (Å²) >= 11 is 12.1. The third-order valence-corrected chi connectivity index (χ3v) is 4.88. The summed E-state index contributed by atoms with van der Waals surface area (Å²) in [6.45, 7) is 1.58. The summed E-state index contributed by atoms with van der Waals surface area (Å²) in [7, 11) is 0. The Bertz CT molecular complexity index is 527. The summed E-state index contributed by atoms with van der Waals surface area (Å²) in [5.41, 5.74) is 6.92. The number of nitrogens with two attached hydrogens (primary N) is 1. The molecule has 1 aromatic rings. The molecular weight excluding hydrogens is 295 g/mol. The number of likely N-dealkylation sites (tertiary alicyclic amines) is 1. The van der Waals surface area contributed by atoms with Gasteiger partial charge in [-0.05, 0) is 42.9 Å². The lowest BCUT2D eigenvalue weighted by atomic mass is 10.0. The van der Waals surface area contributed by atoms with Crippen LogP contribution in [0.4, 0.5) is 0 Å². The molecule has 3 rings (SSSR count). The lowest BCUT2D eigenvalue weighted by Gasteiger charge is -2.30. The van der Waals surface area contributed by atoms with Crippen LogP contribution in [-0.4, -0.2) is 29.9 Å². The van der Waals surface area contributed by atoms with E-state index in [1.54, 1.807) is 6.07 Å². The zero-order chi connectivity index (χ0) is 14.3. The molecule has 1 aliphatic carbocycles. The van der Waals surface area contributed by atoms with Crippen molar-refractivity contribution in [3.05, 3.63) is 33.8 Å². The van der Waals surface area contributed by atoms with Crippen molar-refractivity contribution >= 4 is 29.1 Å². The highest BCUT2D eigenvalue weighted by molar-refractivity contribution is 6.35. The first-order chi connectivity index (χ1) is 9.56. The molecule has 2 atom stereocenters. The first-order valence-corrected chi connectivity index (χ1v) is 7.81. The van der Waals surface area contributed by atoms with E-state index in [0.717, 1.165) is 37.9 Å². The van der Waals surface area contributed by atoms with E-state index in [4.69, 9.17) is 28.9 Å². The van der Waals surface area contributed by atoms with Crippen LogP contribution >= 0.6 is 23.2 Å². The van der Waals surface area contributed by atoms with Gasteiger partial charge in [0.1, 0.15) is 0 Å². The van der Waals surface area contributed by atoms with Gasteiger partial charge in [-0.15, -0.1) is 0 Å². The average Bonchev–Trinajstić information content (AvgIpc) is 3.19. The standard InChI is InChI=1S/C15H18Cl2N2O/c16-9-1-2-11(14(17)7-9)12-8-13(12)15(20)19-5-3-10(18)4-6-19/h1-2,7,10,12-13H,3-6,8,18H2/t12-,13-/m1/s1. The normalized spacial score (nSPS) is 26.6. The molecular formula is C15H18Cl2N2O. The zero-order valence-electron chi connectivity index (χ0n) is 11.2. The van der Waals surface area contributed by atoms with Crippen LogP contribution in [0.25, 0.3) is 0 Å². The highest BCUT2D eigenvalue weighted by Crippen LogP contribution is 2.50. The Hall–Kier alpha value is -0.770. The number of benzene rings is 1. The topological polar surface area (TPSA) is 46.3 Å². The second kappa shape index (κ2) is 5.55. The van der Waals surface area contributed by atoms with E-state index in [1.165, 1.54) is 0 Å². The molecule has 1 saturated carbocycles. The molecule has 2 fully saturated rings. The predicted molar refractivity (Wildman–Crippen MR) is 81.1 cm³/mol. The Morgan fingerprint density at radius 3 is 2.60 bits per heavy atom. The third kappa shape index (κ3) is 2.80. The number of hydrogen-bond donors (Lipinski definition) is 1. The number of hydrogen-bond acceptors (Lipinski definition) is 2. The number of halogens is 2. The van der Waals surface area contributed by atoms with E-state index >= 15 is 0 Å². The molecule has 2 N–H and O–H groups in total. The Morgan fingerprint density at radius 2 is 1.95 bits per heavy atom. The Morgan fingerprint density at radius 1 is 1.25 bits per heavy atom. The molecule has 1 amide bonds. The molecule has 1 heterocycles. The van der Waals surface area contributed by atoms with Crippen molar-refractivity contribution in [3.8, 4) is 0 Å². The first-order valence-electron chi connectivity index (χ1n) is 7.05. The van der Waals surface area contributed by atoms with Crippen LogP contribution in [0.1, 0.15) is 30.7 Å². The van der Waals surface area contributed by atoms with Gasteiger partial charge in [0.2, 0.25) is 5.91 Å². The molecule has 0 aromatic heterocycles. The fourth-order valence-electron chi connectivity index (χ4n) is 2.97. The number of nitrogens with zero attached hydrogens (tertiary/aromatic N) is 1. The van der Waals surface area contributed by atoms with Crippen LogP contribution in [0.15, 0.2) is 18.2 Å². The van der Waals surface area contributed by atoms with E-state index < -0.39 is 0 Å². The smallest absolute Gasteiger partial charge is 0.226 e. The molecule has 1 saturated heterocycles. The van der Waals surface area contributed by atoms with Gasteiger partial charge >= 0.3 is 0 Å². The highest BCUT2D eigenvalue weighted by atomic mass is 35.5. The van der Waals surface area contributed by atoms with E-state index in [0.29, 0.717) is 10.0 Å². The number of carbonyl (C=O) groups excluding carboxylic acids is 1. The maximum absolute atomic E-state index is 12.4. The monoisotopic (exact) mass is 312 g/mol. The van der Waals surface area contributed by atoms with Gasteiger partial charge in [0.25, 0.3) is 0 Å². The van der Waals surface area contributed by atoms with Crippen LogP contribution in [0.2, 0.25) is 10.0 Å². The molecule has 0 bridgehead atoms. The molecule has 5 heteroatoms. The number of carbonyl (C=O) groups is 1. The van der Waals surface area contributed by atoms with Crippen molar-refractivity contribution in [2.45, 2.75) is 31.2 Å². The van der Waals surface area contributed by atoms with Crippen molar-refractivity contribution in [1.82, 2.24) is 4.90 Å². The van der Waals surface area contributed by atoms with E-state index in [9.17, 15) is 4.79 Å². The molecule has 3 nitrogen and oxygen atoms in total. The molecule has 2 aliphatic rings. The minimum atomic E-state index is 0.0861. The maximum Gasteiger partial charge on any atom is 0.226 e. The molecule has 0 radical (unpaired) electrons. The van der Waals surface area contributed by atoms with Crippen LogP contribution in [0.5, 0.6) is 0 Å². The van der Waals surface area contributed by atoms with Gasteiger partial charge in [-0.2, -0.15) is 0 Å². The summed E-state index contributed by atoms with van der Waals surface area (Å²) in [4.78, 5) is 14.4. The molecule has 1 aliphatic heterocycles. The highest BCUT2D eigenvalue weighted by Gasteiger charge is 2.46. The molecule has 0 unspecified atom stereocenters. The summed E-state index contributed by atoms with van der Waals surface area (Å²) < 4.78 is 0. The first kappa shape index (κ1) is 14.2. The Kier molecular flexibility index (Phi) is 3.93. The van der Waals surface area contributed by atoms with Crippen molar-refractivity contribution < 1.29 is 4.79 Å². The van der Waals surface area contributed by atoms with Crippen LogP contribution < -0.4 is 5.73 Å². The second-order valence-electron chi connectivity index (χ2n) is 5.78. The van der Waals surface area contributed by atoms with E-state index in [-0.39, 0.29) is 23.8 Å². The lowest BCUT2D eigenvalue weighted by Crippen LogP contribution is -2.43. The van der Waals surface area contributed by atoms with Crippen molar-refractivity contribution in [3.63, 3.8) is 0 Å². The van der Waals surface area contributed by atoms with Crippen LogP contribution in [0.3, 0.4) is 0 Å². The molecule has 20 heavy (non-hydrogen) atoms. The fraction of sp³-hybridized carbons (Fsp3) is 0.533. The predicted octanol–water partition coefficient (Wildman–Crippen LogP) is 3.05. The zero-order valence-corrected chi connectivity index (χ0v) is 12.7. The Labute approximate surface area is 129 Å². The van der Waals surface area contributed by atoms with E-state index in [2.05, 4.69) is 0 Å². The minimum Gasteiger partial charge on any atom is -0.342 e. The fourth-order valence-corrected chi connectivity index (χ4v) is 3.52. The van der Waals surface area contributed by atoms with Gasteiger partial charge in [-0.25, -0.2) is 0 Å². The summed E-state index contributed by atoms with van der Waals surface area (Å²) in [5, 5.41) is 1.30. The summed E-state index contributed by atoms with van der Waals surface area (Å²) in [6, 6.07) is 5.77. The number of piperidine rings is 1. The van der Waals surface area contributed by atoms with E-state index in [1.807, 2.05) is 17.0 Å². The van der Waals surface area contributed by atoms with Crippen molar-refractivity contribution in [1.29, 1.82) is 0 Å². The van der Waals surface area contributed by atoms with Crippen LogP contribution in [0, 0.1) is 5.92 Å². The third-order valence-electron chi connectivity index (χ3n) is 4.32. The Balaban J connectivity index is 1.65. The quantitative estimate of drug-likeness (QED) is 0.912. The number of rotatable bonds is 2. The van der Waals surface area contributed by atoms with Gasteiger partial charge in [-0.3, -0.25) is 4.79 Å². The van der Waals surface area contributed by atoms with Crippen molar-refractivity contribution in [2.24, 2.45) is 11.7 Å². The van der Waals surface area contributed by atoms with Gasteiger partial charge < -0.3 is 10.6 Å².